The molecule has 1 heterocycles. The van der Waals surface area contributed by atoms with Crippen molar-refractivity contribution in [3.05, 3.63) is 29.8 Å². The zero-order chi connectivity index (χ0) is 13.6. The molecule has 0 N–H and O–H groups in total. The number of sulfonamides is 1. The van der Waals surface area contributed by atoms with Gasteiger partial charge in [0.15, 0.2) is 0 Å². The van der Waals surface area contributed by atoms with Crippen LogP contribution in [0, 0.1) is 0 Å². The molecule has 1 atom stereocenters. The van der Waals surface area contributed by atoms with Crippen LogP contribution in [-0.4, -0.2) is 33.3 Å². The van der Waals surface area contributed by atoms with Crippen molar-refractivity contribution in [2.75, 3.05) is 18.0 Å². The predicted molar refractivity (Wildman–Crippen MR) is 70.5 cm³/mol. The number of methoxy groups -OCH3 is 1. The van der Waals surface area contributed by atoms with E-state index in [1.807, 2.05) is 6.07 Å². The molecule has 2 aliphatic rings. The van der Waals surface area contributed by atoms with Gasteiger partial charge in [-0.05, 0) is 24.5 Å². The average molecular weight is 281 g/mol. The van der Waals surface area contributed by atoms with Gasteiger partial charge in [0.1, 0.15) is 5.92 Å². The fourth-order valence-electron chi connectivity index (χ4n) is 2.50. The molecule has 0 unspecified atom stereocenters. The lowest BCUT2D eigenvalue weighted by Crippen LogP contribution is -2.34. The molecule has 0 bridgehead atoms. The number of rotatable bonds is 3. The zero-order valence-electron chi connectivity index (χ0n) is 10.6. The first-order valence-electron chi connectivity index (χ1n) is 6.24. The highest BCUT2D eigenvalue weighted by atomic mass is 32.2. The Morgan fingerprint density at radius 2 is 2.00 bits per heavy atom. The Balaban J connectivity index is 2.04. The van der Waals surface area contributed by atoms with E-state index in [1.165, 1.54) is 11.4 Å². The minimum Gasteiger partial charge on any atom is -0.468 e. The van der Waals surface area contributed by atoms with Gasteiger partial charge in [-0.2, -0.15) is 0 Å². The number of esters is 1. The van der Waals surface area contributed by atoms with Gasteiger partial charge in [0.2, 0.25) is 10.0 Å². The second-order valence-electron chi connectivity index (χ2n) is 4.91. The summed E-state index contributed by atoms with van der Waals surface area (Å²) < 4.78 is 30.9. The number of para-hydroxylation sites is 1. The number of fused-ring (bicyclic) bond motifs is 1. The molecule has 19 heavy (non-hydrogen) atoms. The van der Waals surface area contributed by atoms with E-state index in [9.17, 15) is 13.2 Å². The van der Waals surface area contributed by atoms with Gasteiger partial charge >= 0.3 is 5.97 Å². The van der Waals surface area contributed by atoms with Gasteiger partial charge < -0.3 is 4.74 Å². The van der Waals surface area contributed by atoms with Crippen molar-refractivity contribution in [2.45, 2.75) is 24.0 Å². The lowest BCUT2D eigenvalue weighted by molar-refractivity contribution is -0.141. The summed E-state index contributed by atoms with van der Waals surface area (Å²) in [5.74, 6) is -0.907. The summed E-state index contributed by atoms with van der Waals surface area (Å²) in [6.07, 6.45) is 1.42. The molecule has 0 amide bonds. The van der Waals surface area contributed by atoms with Crippen molar-refractivity contribution >= 4 is 21.7 Å². The molecule has 3 rings (SSSR count). The standard InChI is InChI=1S/C13H15NO4S/c1-18-13(15)11-8-14(19(16,17)9-6-7-9)12-5-3-2-4-10(11)12/h2-5,9,11H,6-8H2,1H3/t11-/m1/s1. The number of ether oxygens (including phenoxy) is 1. The molecular formula is C13H15NO4S. The summed E-state index contributed by atoms with van der Waals surface area (Å²) in [6.45, 7) is 0.158. The molecule has 1 fully saturated rings. The van der Waals surface area contributed by atoms with Crippen LogP contribution in [-0.2, 0) is 19.6 Å². The van der Waals surface area contributed by atoms with Gasteiger partial charge in [-0.3, -0.25) is 9.10 Å². The Kier molecular flexibility index (Phi) is 2.78. The van der Waals surface area contributed by atoms with E-state index < -0.39 is 15.9 Å². The highest BCUT2D eigenvalue weighted by molar-refractivity contribution is 7.93. The van der Waals surface area contributed by atoms with Crippen LogP contribution in [0.2, 0.25) is 0 Å². The van der Waals surface area contributed by atoms with Crippen molar-refractivity contribution in [1.82, 2.24) is 0 Å². The maximum Gasteiger partial charge on any atom is 0.315 e. The van der Waals surface area contributed by atoms with Crippen molar-refractivity contribution in [3.63, 3.8) is 0 Å². The van der Waals surface area contributed by atoms with Gasteiger partial charge in [0.05, 0.1) is 24.6 Å². The minimum absolute atomic E-state index is 0.158. The predicted octanol–water partition coefficient (Wildman–Crippen LogP) is 1.26. The third-order valence-electron chi connectivity index (χ3n) is 3.67. The van der Waals surface area contributed by atoms with Gasteiger partial charge in [0.25, 0.3) is 0 Å². The van der Waals surface area contributed by atoms with E-state index in [1.54, 1.807) is 18.2 Å². The van der Waals surface area contributed by atoms with E-state index in [0.29, 0.717) is 18.5 Å². The number of nitrogens with zero attached hydrogens (tertiary/aromatic N) is 1. The van der Waals surface area contributed by atoms with Gasteiger partial charge in [-0.1, -0.05) is 18.2 Å². The summed E-state index contributed by atoms with van der Waals surface area (Å²) in [4.78, 5) is 11.8. The zero-order valence-corrected chi connectivity index (χ0v) is 11.4. The Labute approximate surface area is 112 Å². The van der Waals surface area contributed by atoms with E-state index in [4.69, 9.17) is 4.74 Å². The average Bonchev–Trinajstić information content (AvgIpc) is 3.19. The maximum atomic E-state index is 12.4. The molecule has 5 nitrogen and oxygen atoms in total. The number of hydrogen-bond acceptors (Lipinski definition) is 4. The normalized spacial score (nSPS) is 22.2. The summed E-state index contributed by atoms with van der Waals surface area (Å²) in [7, 11) is -2.01. The van der Waals surface area contributed by atoms with Crippen molar-refractivity contribution in [3.8, 4) is 0 Å². The van der Waals surface area contributed by atoms with Gasteiger partial charge in [-0.25, -0.2) is 8.42 Å². The van der Waals surface area contributed by atoms with Crippen LogP contribution in [0.25, 0.3) is 0 Å². The second kappa shape index (κ2) is 4.23. The van der Waals surface area contributed by atoms with E-state index in [-0.39, 0.29) is 17.8 Å². The molecule has 0 spiro atoms. The van der Waals surface area contributed by atoms with Crippen LogP contribution in [0.4, 0.5) is 5.69 Å². The quantitative estimate of drug-likeness (QED) is 0.782. The lowest BCUT2D eigenvalue weighted by Gasteiger charge is -2.19. The fourth-order valence-corrected chi connectivity index (χ4v) is 4.39. The van der Waals surface area contributed by atoms with Crippen LogP contribution in [0.15, 0.2) is 24.3 Å². The van der Waals surface area contributed by atoms with Gasteiger partial charge in [0, 0.05) is 0 Å². The van der Waals surface area contributed by atoms with Gasteiger partial charge in [-0.15, -0.1) is 0 Å². The van der Waals surface area contributed by atoms with Crippen molar-refractivity contribution in [1.29, 1.82) is 0 Å². The summed E-state index contributed by atoms with van der Waals surface area (Å²) in [5.41, 5.74) is 1.35. The summed E-state index contributed by atoms with van der Waals surface area (Å²) in [5, 5.41) is -0.281. The van der Waals surface area contributed by atoms with Crippen LogP contribution in [0.3, 0.4) is 0 Å². The Morgan fingerprint density at radius 3 is 2.63 bits per heavy atom. The molecular weight excluding hydrogens is 266 g/mol. The fraction of sp³-hybridized carbons (Fsp3) is 0.462. The van der Waals surface area contributed by atoms with Crippen LogP contribution in [0.1, 0.15) is 24.3 Å². The monoisotopic (exact) mass is 281 g/mol. The van der Waals surface area contributed by atoms with E-state index >= 15 is 0 Å². The highest BCUT2D eigenvalue weighted by Crippen LogP contribution is 2.42. The Hall–Kier alpha value is -1.56. The van der Waals surface area contributed by atoms with Crippen LogP contribution < -0.4 is 4.31 Å². The molecule has 1 aromatic carbocycles. The smallest absolute Gasteiger partial charge is 0.315 e. The summed E-state index contributed by atoms with van der Waals surface area (Å²) in [6, 6.07) is 7.13. The molecule has 0 saturated heterocycles. The molecule has 1 aliphatic heterocycles. The van der Waals surface area contributed by atoms with E-state index in [2.05, 4.69) is 0 Å². The topological polar surface area (TPSA) is 63.7 Å². The molecule has 0 radical (unpaired) electrons. The molecule has 6 heteroatoms. The highest BCUT2D eigenvalue weighted by Gasteiger charge is 2.46. The van der Waals surface area contributed by atoms with Crippen LogP contribution >= 0.6 is 0 Å². The minimum atomic E-state index is -3.33. The third kappa shape index (κ3) is 1.90. The molecule has 1 aliphatic carbocycles. The number of benzene rings is 1. The first-order valence-corrected chi connectivity index (χ1v) is 7.74. The van der Waals surface area contributed by atoms with Crippen LogP contribution in [0.5, 0.6) is 0 Å². The van der Waals surface area contributed by atoms with E-state index in [0.717, 1.165) is 5.56 Å². The third-order valence-corrected chi connectivity index (χ3v) is 5.94. The number of carbonyl (C=O) groups is 1. The largest absolute Gasteiger partial charge is 0.468 e. The summed E-state index contributed by atoms with van der Waals surface area (Å²) >= 11 is 0. The Bertz CT molecular complexity index is 621. The Morgan fingerprint density at radius 1 is 1.32 bits per heavy atom. The SMILES string of the molecule is COC(=O)[C@@H]1CN(S(=O)(=O)C2CC2)c2ccccc21. The molecule has 0 aromatic heterocycles. The lowest BCUT2D eigenvalue weighted by atomic mass is 10.0. The number of carbonyl (C=O) groups excluding carboxylic acids is 1. The number of anilines is 1. The first-order chi connectivity index (χ1) is 9.05. The van der Waals surface area contributed by atoms with Crippen molar-refractivity contribution < 1.29 is 17.9 Å². The van der Waals surface area contributed by atoms with Crippen molar-refractivity contribution in [2.24, 2.45) is 0 Å². The molecule has 102 valence electrons. The number of hydrogen-bond donors (Lipinski definition) is 0. The molecule has 1 saturated carbocycles. The molecule has 1 aromatic rings. The first kappa shape index (κ1) is 12.5. The maximum absolute atomic E-state index is 12.4. The second-order valence-corrected chi connectivity index (χ2v) is 7.05.